The molecule has 1 atom stereocenters. The second-order valence-corrected chi connectivity index (χ2v) is 7.39. The summed E-state index contributed by atoms with van der Waals surface area (Å²) in [6.45, 7) is 0. The standard InChI is InChI=1S/C21H21ClO3/c22-19-7-3-6-16(20(19)25-15-4-1-2-5-15)14-9-8-13-10-11-17(21(23)24)18(13)12-14/h3,6-9,12,15,17H,1-2,4-5,10-11H2,(H,23,24). The normalized spacial score (nSPS) is 19.8. The molecule has 0 saturated heterocycles. The number of hydrogen-bond acceptors (Lipinski definition) is 2. The first-order valence-electron chi connectivity index (χ1n) is 8.94. The van der Waals surface area contributed by atoms with E-state index in [-0.39, 0.29) is 6.10 Å². The number of halogens is 1. The smallest absolute Gasteiger partial charge is 0.310 e. The van der Waals surface area contributed by atoms with E-state index in [2.05, 4.69) is 6.07 Å². The highest BCUT2D eigenvalue weighted by Crippen LogP contribution is 2.41. The highest BCUT2D eigenvalue weighted by atomic mass is 35.5. The Bertz CT molecular complexity index is 809. The van der Waals surface area contributed by atoms with Crippen molar-refractivity contribution in [1.29, 1.82) is 0 Å². The van der Waals surface area contributed by atoms with Gasteiger partial charge in [-0.25, -0.2) is 0 Å². The molecule has 0 aliphatic heterocycles. The Morgan fingerprint density at radius 3 is 2.68 bits per heavy atom. The quantitative estimate of drug-likeness (QED) is 0.793. The van der Waals surface area contributed by atoms with Crippen molar-refractivity contribution in [2.75, 3.05) is 0 Å². The van der Waals surface area contributed by atoms with Crippen molar-refractivity contribution < 1.29 is 14.6 Å². The van der Waals surface area contributed by atoms with Gasteiger partial charge >= 0.3 is 5.97 Å². The van der Waals surface area contributed by atoms with Crippen molar-refractivity contribution in [3.63, 3.8) is 0 Å². The first-order valence-corrected chi connectivity index (χ1v) is 9.32. The van der Waals surface area contributed by atoms with Crippen LogP contribution in [-0.2, 0) is 11.2 Å². The summed E-state index contributed by atoms with van der Waals surface area (Å²) >= 11 is 6.44. The highest BCUT2D eigenvalue weighted by molar-refractivity contribution is 6.32. The van der Waals surface area contributed by atoms with Crippen LogP contribution in [0.1, 0.15) is 49.1 Å². The maximum Gasteiger partial charge on any atom is 0.310 e. The summed E-state index contributed by atoms with van der Waals surface area (Å²) < 4.78 is 6.24. The minimum absolute atomic E-state index is 0.222. The second kappa shape index (κ2) is 6.72. The molecule has 1 saturated carbocycles. The topological polar surface area (TPSA) is 46.5 Å². The van der Waals surface area contributed by atoms with Gasteiger partial charge in [0.05, 0.1) is 17.0 Å². The molecule has 2 aromatic rings. The number of benzene rings is 2. The van der Waals surface area contributed by atoms with Crippen LogP contribution in [-0.4, -0.2) is 17.2 Å². The summed E-state index contributed by atoms with van der Waals surface area (Å²) in [5, 5.41) is 10.1. The number of hydrogen-bond donors (Lipinski definition) is 1. The Hall–Kier alpha value is -2.00. The Kier molecular flexibility index (Phi) is 4.43. The lowest BCUT2D eigenvalue weighted by atomic mass is 9.96. The second-order valence-electron chi connectivity index (χ2n) is 6.98. The molecule has 130 valence electrons. The van der Waals surface area contributed by atoms with E-state index >= 15 is 0 Å². The van der Waals surface area contributed by atoms with E-state index in [1.807, 2.05) is 30.3 Å². The third-order valence-corrected chi connectivity index (χ3v) is 5.68. The molecule has 3 nitrogen and oxygen atoms in total. The van der Waals surface area contributed by atoms with Gasteiger partial charge in [-0.15, -0.1) is 0 Å². The van der Waals surface area contributed by atoms with E-state index in [0.29, 0.717) is 11.4 Å². The molecule has 4 heteroatoms. The van der Waals surface area contributed by atoms with Crippen LogP contribution in [0.5, 0.6) is 5.75 Å². The fourth-order valence-corrected chi connectivity index (χ4v) is 4.27. The lowest BCUT2D eigenvalue weighted by Gasteiger charge is -2.18. The zero-order valence-electron chi connectivity index (χ0n) is 14.0. The molecule has 0 bridgehead atoms. The van der Waals surface area contributed by atoms with Crippen LogP contribution in [0.3, 0.4) is 0 Å². The van der Waals surface area contributed by atoms with Gasteiger partial charge in [0, 0.05) is 5.56 Å². The van der Waals surface area contributed by atoms with Crippen LogP contribution < -0.4 is 4.74 Å². The van der Waals surface area contributed by atoms with Gasteiger partial charge in [0.2, 0.25) is 0 Å². The van der Waals surface area contributed by atoms with Crippen molar-refractivity contribution in [1.82, 2.24) is 0 Å². The van der Waals surface area contributed by atoms with Gasteiger partial charge in [0.15, 0.2) is 0 Å². The van der Waals surface area contributed by atoms with E-state index in [1.54, 1.807) is 0 Å². The molecule has 2 aliphatic rings. The summed E-state index contributed by atoms with van der Waals surface area (Å²) in [4.78, 5) is 11.5. The summed E-state index contributed by atoms with van der Waals surface area (Å²) in [7, 11) is 0. The molecule has 2 aliphatic carbocycles. The fraction of sp³-hybridized carbons (Fsp3) is 0.381. The Balaban J connectivity index is 1.74. The monoisotopic (exact) mass is 356 g/mol. The van der Waals surface area contributed by atoms with Crippen molar-refractivity contribution in [2.45, 2.75) is 50.5 Å². The van der Waals surface area contributed by atoms with Gasteiger partial charge in [-0.3, -0.25) is 4.79 Å². The Morgan fingerprint density at radius 2 is 1.92 bits per heavy atom. The van der Waals surface area contributed by atoms with E-state index in [1.165, 1.54) is 12.8 Å². The number of para-hydroxylation sites is 1. The predicted molar refractivity (Wildman–Crippen MR) is 98.5 cm³/mol. The van der Waals surface area contributed by atoms with E-state index < -0.39 is 11.9 Å². The summed E-state index contributed by atoms with van der Waals surface area (Å²) in [5.74, 6) is -0.432. The van der Waals surface area contributed by atoms with Crippen LogP contribution in [0.2, 0.25) is 5.02 Å². The largest absolute Gasteiger partial charge is 0.488 e. The van der Waals surface area contributed by atoms with Gasteiger partial charge in [-0.05, 0) is 67.3 Å². The molecule has 4 rings (SSSR count). The van der Waals surface area contributed by atoms with Crippen LogP contribution in [0, 0.1) is 0 Å². The zero-order valence-corrected chi connectivity index (χ0v) is 14.8. The molecule has 2 aromatic carbocycles. The summed E-state index contributed by atoms with van der Waals surface area (Å²) in [6.07, 6.45) is 6.25. The van der Waals surface area contributed by atoms with Gasteiger partial charge in [0.25, 0.3) is 0 Å². The van der Waals surface area contributed by atoms with E-state index in [0.717, 1.165) is 47.3 Å². The predicted octanol–water partition coefficient (Wildman–Crippen LogP) is 5.44. The maximum absolute atomic E-state index is 11.5. The molecule has 0 radical (unpaired) electrons. The van der Waals surface area contributed by atoms with E-state index in [4.69, 9.17) is 16.3 Å². The third-order valence-electron chi connectivity index (χ3n) is 5.39. The van der Waals surface area contributed by atoms with Gasteiger partial charge in [-0.2, -0.15) is 0 Å². The molecule has 0 spiro atoms. The number of fused-ring (bicyclic) bond motifs is 1. The van der Waals surface area contributed by atoms with Crippen LogP contribution in [0.25, 0.3) is 11.1 Å². The molecular weight excluding hydrogens is 336 g/mol. The van der Waals surface area contributed by atoms with E-state index in [9.17, 15) is 9.90 Å². The van der Waals surface area contributed by atoms with Crippen LogP contribution in [0.4, 0.5) is 0 Å². The number of ether oxygens (including phenoxy) is 1. The zero-order chi connectivity index (χ0) is 17.4. The lowest BCUT2D eigenvalue weighted by Crippen LogP contribution is -2.12. The number of aliphatic carboxylic acids is 1. The van der Waals surface area contributed by atoms with Crippen molar-refractivity contribution in [2.24, 2.45) is 0 Å². The molecule has 25 heavy (non-hydrogen) atoms. The van der Waals surface area contributed by atoms with Crippen molar-refractivity contribution in [3.8, 4) is 16.9 Å². The molecule has 0 amide bonds. The minimum atomic E-state index is -0.746. The van der Waals surface area contributed by atoms with Gasteiger partial charge in [-0.1, -0.05) is 35.9 Å². The van der Waals surface area contributed by atoms with Gasteiger partial charge < -0.3 is 9.84 Å². The maximum atomic E-state index is 11.5. The molecule has 1 fully saturated rings. The lowest BCUT2D eigenvalue weighted by molar-refractivity contribution is -0.138. The molecular formula is C21H21ClO3. The number of rotatable bonds is 4. The SMILES string of the molecule is O=C(O)C1CCc2ccc(-c3cccc(Cl)c3OC3CCCC3)cc21. The molecule has 1 N–H and O–H groups in total. The van der Waals surface area contributed by atoms with Crippen molar-refractivity contribution >= 4 is 17.6 Å². The third kappa shape index (κ3) is 3.13. The Morgan fingerprint density at radius 1 is 1.12 bits per heavy atom. The fourth-order valence-electron chi connectivity index (χ4n) is 4.06. The first-order chi connectivity index (χ1) is 12.1. The summed E-state index contributed by atoms with van der Waals surface area (Å²) in [6, 6.07) is 11.9. The van der Waals surface area contributed by atoms with Crippen LogP contribution in [0.15, 0.2) is 36.4 Å². The number of carbonyl (C=O) groups is 1. The minimum Gasteiger partial charge on any atom is -0.488 e. The van der Waals surface area contributed by atoms with Gasteiger partial charge in [0.1, 0.15) is 5.75 Å². The number of carboxylic acids is 1. The van der Waals surface area contributed by atoms with Crippen molar-refractivity contribution in [3.05, 3.63) is 52.5 Å². The average Bonchev–Trinajstić information content (AvgIpc) is 3.25. The highest BCUT2D eigenvalue weighted by Gasteiger charge is 2.29. The molecule has 0 aromatic heterocycles. The number of aryl methyl sites for hydroxylation is 1. The van der Waals surface area contributed by atoms with Crippen LogP contribution >= 0.6 is 11.6 Å². The Labute approximate surface area is 152 Å². The molecule has 0 heterocycles. The first kappa shape index (κ1) is 16.5. The molecule has 1 unspecified atom stereocenters. The average molecular weight is 357 g/mol. The number of carboxylic acid groups (broad SMARTS) is 1. The summed E-state index contributed by atoms with van der Waals surface area (Å²) in [5.41, 5.74) is 3.98.